The molecule has 1 fully saturated rings. The van der Waals surface area contributed by atoms with Crippen molar-refractivity contribution in [1.29, 1.82) is 0 Å². The van der Waals surface area contributed by atoms with Gasteiger partial charge in [-0.25, -0.2) is 0 Å². The van der Waals surface area contributed by atoms with Crippen molar-refractivity contribution in [2.75, 3.05) is 6.54 Å². The highest BCUT2D eigenvalue weighted by molar-refractivity contribution is 9.10. The molecule has 1 aromatic rings. The van der Waals surface area contributed by atoms with E-state index in [2.05, 4.69) is 29.8 Å². The fourth-order valence-electron chi connectivity index (χ4n) is 2.54. The van der Waals surface area contributed by atoms with Gasteiger partial charge in [0.1, 0.15) is 5.75 Å². The molecule has 2 rings (SSSR count). The maximum atomic E-state index is 9.94. The maximum absolute atomic E-state index is 9.94. The topological polar surface area (TPSA) is 46.2 Å². The molecule has 0 heterocycles. The molecule has 0 spiro atoms. The second kappa shape index (κ2) is 3.22. The van der Waals surface area contributed by atoms with Crippen molar-refractivity contribution in [2.45, 2.75) is 25.7 Å². The summed E-state index contributed by atoms with van der Waals surface area (Å²) in [5.41, 5.74) is 7.02. The van der Waals surface area contributed by atoms with Gasteiger partial charge in [0.25, 0.3) is 0 Å². The molecule has 0 saturated heterocycles. The quantitative estimate of drug-likeness (QED) is 0.868. The second-order valence-corrected chi connectivity index (χ2v) is 5.92. The van der Waals surface area contributed by atoms with Crippen LogP contribution in [0.2, 0.25) is 0 Å². The fraction of sp³-hybridized carbons (Fsp3) is 0.500. The van der Waals surface area contributed by atoms with E-state index in [9.17, 15) is 5.11 Å². The number of halogens is 1. The lowest BCUT2D eigenvalue weighted by Gasteiger charge is -2.20. The number of benzene rings is 1. The zero-order valence-corrected chi connectivity index (χ0v) is 10.6. The summed E-state index contributed by atoms with van der Waals surface area (Å²) in [5.74, 6) is 0.348. The summed E-state index contributed by atoms with van der Waals surface area (Å²) in [6.07, 6.45) is 1.05. The van der Waals surface area contributed by atoms with Crippen molar-refractivity contribution < 1.29 is 5.11 Å². The molecule has 0 aliphatic heterocycles. The van der Waals surface area contributed by atoms with Crippen LogP contribution in [-0.2, 0) is 5.41 Å². The van der Waals surface area contributed by atoms with Crippen LogP contribution in [0.25, 0.3) is 0 Å². The highest BCUT2D eigenvalue weighted by Crippen LogP contribution is 2.65. The Hall–Kier alpha value is -0.540. The standard InChI is InChI=1S/C12H16BrNO/c1-11(2)6-12(11,7-14)9-4-3-8(13)5-10(9)15/h3-5,15H,6-7,14H2,1-2H3. The van der Waals surface area contributed by atoms with Crippen molar-refractivity contribution in [3.63, 3.8) is 0 Å². The normalized spacial score (nSPS) is 27.7. The van der Waals surface area contributed by atoms with Crippen LogP contribution in [-0.4, -0.2) is 11.7 Å². The molecule has 2 nitrogen and oxygen atoms in total. The van der Waals surface area contributed by atoms with Crippen molar-refractivity contribution in [2.24, 2.45) is 11.1 Å². The zero-order valence-electron chi connectivity index (χ0n) is 9.05. The fourth-order valence-corrected chi connectivity index (χ4v) is 2.89. The van der Waals surface area contributed by atoms with Gasteiger partial charge in [0.15, 0.2) is 0 Å². The molecule has 1 atom stereocenters. The summed E-state index contributed by atoms with van der Waals surface area (Å²) in [5, 5.41) is 9.94. The Morgan fingerprint density at radius 2 is 2.07 bits per heavy atom. The summed E-state index contributed by atoms with van der Waals surface area (Å²) < 4.78 is 0.898. The maximum Gasteiger partial charge on any atom is 0.120 e. The van der Waals surface area contributed by atoms with E-state index in [1.54, 1.807) is 6.07 Å². The van der Waals surface area contributed by atoms with Crippen LogP contribution in [0.4, 0.5) is 0 Å². The summed E-state index contributed by atoms with van der Waals surface area (Å²) in [6.45, 7) is 4.98. The van der Waals surface area contributed by atoms with E-state index < -0.39 is 0 Å². The van der Waals surface area contributed by atoms with E-state index in [-0.39, 0.29) is 10.8 Å². The summed E-state index contributed by atoms with van der Waals surface area (Å²) in [4.78, 5) is 0. The third-order valence-electron chi connectivity index (χ3n) is 3.74. The van der Waals surface area contributed by atoms with E-state index in [1.165, 1.54) is 0 Å². The van der Waals surface area contributed by atoms with Gasteiger partial charge in [-0.3, -0.25) is 0 Å². The van der Waals surface area contributed by atoms with Crippen LogP contribution >= 0.6 is 15.9 Å². The number of aromatic hydroxyl groups is 1. The molecule has 0 bridgehead atoms. The first kappa shape index (κ1) is 11.0. The van der Waals surface area contributed by atoms with Gasteiger partial charge < -0.3 is 10.8 Å². The summed E-state index contributed by atoms with van der Waals surface area (Å²) >= 11 is 3.34. The largest absolute Gasteiger partial charge is 0.508 e. The molecule has 0 radical (unpaired) electrons. The monoisotopic (exact) mass is 269 g/mol. The third-order valence-corrected chi connectivity index (χ3v) is 4.23. The van der Waals surface area contributed by atoms with Crippen molar-refractivity contribution >= 4 is 15.9 Å². The van der Waals surface area contributed by atoms with E-state index in [0.717, 1.165) is 16.5 Å². The van der Waals surface area contributed by atoms with Crippen LogP contribution in [0, 0.1) is 5.41 Å². The molecule has 0 amide bonds. The van der Waals surface area contributed by atoms with Gasteiger partial charge in [0.05, 0.1) is 0 Å². The zero-order chi connectivity index (χ0) is 11.3. The second-order valence-electron chi connectivity index (χ2n) is 5.01. The van der Waals surface area contributed by atoms with Gasteiger partial charge in [-0.2, -0.15) is 0 Å². The number of rotatable bonds is 2. The molecular formula is C12H16BrNO. The summed E-state index contributed by atoms with van der Waals surface area (Å²) in [6, 6.07) is 5.67. The molecule has 15 heavy (non-hydrogen) atoms. The van der Waals surface area contributed by atoms with Crippen LogP contribution in [0.15, 0.2) is 22.7 Å². The van der Waals surface area contributed by atoms with Gasteiger partial charge in [0, 0.05) is 22.0 Å². The predicted molar refractivity (Wildman–Crippen MR) is 64.9 cm³/mol. The molecule has 82 valence electrons. The molecule has 3 N–H and O–H groups in total. The Morgan fingerprint density at radius 1 is 1.47 bits per heavy atom. The van der Waals surface area contributed by atoms with Crippen molar-refractivity contribution in [3.8, 4) is 5.75 Å². The highest BCUT2D eigenvalue weighted by atomic mass is 79.9. The molecule has 1 saturated carbocycles. The molecule has 0 aromatic heterocycles. The minimum atomic E-state index is -0.0300. The number of hydrogen-bond acceptors (Lipinski definition) is 2. The minimum absolute atomic E-state index is 0.0300. The van der Waals surface area contributed by atoms with Crippen LogP contribution < -0.4 is 5.73 Å². The molecule has 1 aliphatic rings. The van der Waals surface area contributed by atoms with Crippen molar-refractivity contribution in [1.82, 2.24) is 0 Å². The molecule has 1 unspecified atom stereocenters. The number of nitrogens with two attached hydrogens (primary N) is 1. The van der Waals surface area contributed by atoms with Crippen LogP contribution in [0.3, 0.4) is 0 Å². The molecule has 3 heteroatoms. The van der Waals surface area contributed by atoms with E-state index in [4.69, 9.17) is 5.73 Å². The predicted octanol–water partition coefficient (Wildman–Crippen LogP) is 2.78. The average Bonchev–Trinajstić information content (AvgIpc) is 2.69. The Kier molecular flexibility index (Phi) is 2.36. The lowest BCUT2D eigenvalue weighted by molar-refractivity contribution is 0.437. The van der Waals surface area contributed by atoms with Gasteiger partial charge in [-0.1, -0.05) is 35.8 Å². The Balaban J connectivity index is 2.46. The number of phenolic OH excluding ortho intramolecular Hbond substituents is 1. The first-order chi connectivity index (χ1) is 6.93. The first-order valence-electron chi connectivity index (χ1n) is 5.12. The van der Waals surface area contributed by atoms with Crippen molar-refractivity contribution in [3.05, 3.63) is 28.2 Å². The minimum Gasteiger partial charge on any atom is -0.508 e. The first-order valence-corrected chi connectivity index (χ1v) is 5.91. The van der Waals surface area contributed by atoms with Gasteiger partial charge in [-0.05, 0) is 24.0 Å². The van der Waals surface area contributed by atoms with Gasteiger partial charge >= 0.3 is 0 Å². The number of hydrogen-bond donors (Lipinski definition) is 2. The summed E-state index contributed by atoms with van der Waals surface area (Å²) in [7, 11) is 0. The van der Waals surface area contributed by atoms with Gasteiger partial charge in [0.2, 0.25) is 0 Å². The molecule has 1 aromatic carbocycles. The lowest BCUT2D eigenvalue weighted by Crippen LogP contribution is -2.25. The SMILES string of the molecule is CC1(C)CC1(CN)c1ccc(Br)cc1O. The van der Waals surface area contributed by atoms with E-state index >= 15 is 0 Å². The van der Waals surface area contributed by atoms with Crippen LogP contribution in [0.5, 0.6) is 5.75 Å². The third kappa shape index (κ3) is 1.49. The van der Waals surface area contributed by atoms with E-state index in [1.807, 2.05) is 12.1 Å². The molecular weight excluding hydrogens is 254 g/mol. The smallest absolute Gasteiger partial charge is 0.120 e. The van der Waals surface area contributed by atoms with Crippen LogP contribution in [0.1, 0.15) is 25.8 Å². The Bertz CT molecular complexity index is 403. The average molecular weight is 270 g/mol. The van der Waals surface area contributed by atoms with E-state index in [0.29, 0.717) is 12.3 Å². The van der Waals surface area contributed by atoms with Gasteiger partial charge in [-0.15, -0.1) is 0 Å². The lowest BCUT2D eigenvalue weighted by atomic mass is 9.87. The molecule has 1 aliphatic carbocycles. The Morgan fingerprint density at radius 3 is 2.47 bits per heavy atom. The Labute approximate surface area is 98.6 Å². The number of phenols is 1. The highest BCUT2D eigenvalue weighted by Gasteiger charge is 2.61.